The topological polar surface area (TPSA) is 54.4 Å². The van der Waals surface area contributed by atoms with E-state index < -0.39 is 15.9 Å². The largest absolute Gasteiger partial charge is 0.388 e. The van der Waals surface area contributed by atoms with Crippen LogP contribution >= 0.6 is 11.3 Å². The van der Waals surface area contributed by atoms with Crippen molar-refractivity contribution in [1.82, 2.24) is 0 Å². The lowest BCUT2D eigenvalue weighted by molar-refractivity contribution is 0.0861. The monoisotopic (exact) mass is 274 g/mol. The van der Waals surface area contributed by atoms with Gasteiger partial charge in [-0.15, -0.1) is 0 Å². The number of hydrogen-bond acceptors (Lipinski definition) is 4. The van der Waals surface area contributed by atoms with E-state index >= 15 is 0 Å². The van der Waals surface area contributed by atoms with Crippen molar-refractivity contribution < 1.29 is 13.5 Å². The molecule has 5 heteroatoms. The Balaban J connectivity index is 2.07. The van der Waals surface area contributed by atoms with Gasteiger partial charge >= 0.3 is 0 Å². The summed E-state index contributed by atoms with van der Waals surface area (Å²) >= 11 is 1.56. The molecule has 1 N–H and O–H groups in total. The molecule has 2 rings (SSSR count). The first-order valence-corrected chi connectivity index (χ1v) is 8.77. The summed E-state index contributed by atoms with van der Waals surface area (Å²) in [5, 5.41) is 13.8. The van der Waals surface area contributed by atoms with E-state index in [1.54, 1.807) is 11.3 Å². The van der Waals surface area contributed by atoms with Crippen molar-refractivity contribution in [3.05, 3.63) is 22.4 Å². The van der Waals surface area contributed by atoms with Gasteiger partial charge in [-0.1, -0.05) is 6.42 Å². The second-order valence-corrected chi connectivity index (χ2v) is 7.99. The minimum Gasteiger partial charge on any atom is -0.388 e. The van der Waals surface area contributed by atoms with Gasteiger partial charge in [0.15, 0.2) is 0 Å². The van der Waals surface area contributed by atoms with Gasteiger partial charge in [-0.3, -0.25) is 0 Å². The molecule has 0 saturated heterocycles. The van der Waals surface area contributed by atoms with Crippen molar-refractivity contribution in [2.75, 3.05) is 6.26 Å². The highest BCUT2D eigenvalue weighted by molar-refractivity contribution is 7.91. The summed E-state index contributed by atoms with van der Waals surface area (Å²) in [6.45, 7) is 0. The highest BCUT2D eigenvalue weighted by Crippen LogP contribution is 2.37. The van der Waals surface area contributed by atoms with Gasteiger partial charge in [-0.05, 0) is 47.6 Å². The zero-order valence-electron chi connectivity index (χ0n) is 9.87. The molecule has 1 aromatic heterocycles. The van der Waals surface area contributed by atoms with Crippen LogP contribution in [0.15, 0.2) is 16.8 Å². The fourth-order valence-corrected chi connectivity index (χ4v) is 4.45. The van der Waals surface area contributed by atoms with E-state index in [0.717, 1.165) is 24.8 Å². The summed E-state index contributed by atoms with van der Waals surface area (Å²) in [5.41, 5.74) is 0.925. The Bertz CT molecular complexity index is 450. The van der Waals surface area contributed by atoms with Gasteiger partial charge in [-0.25, -0.2) is 8.42 Å². The predicted molar refractivity (Wildman–Crippen MR) is 69.9 cm³/mol. The molecule has 96 valence electrons. The molecule has 0 radical (unpaired) electrons. The highest BCUT2D eigenvalue weighted by atomic mass is 32.2. The number of sulfone groups is 1. The van der Waals surface area contributed by atoms with Crippen molar-refractivity contribution >= 4 is 21.2 Å². The molecule has 0 aliphatic heterocycles. The lowest BCUT2D eigenvalue weighted by Gasteiger charge is -2.31. The average molecular weight is 274 g/mol. The van der Waals surface area contributed by atoms with E-state index in [2.05, 4.69) is 0 Å². The maximum Gasteiger partial charge on any atom is 0.150 e. The molecular weight excluding hydrogens is 256 g/mol. The third kappa shape index (κ3) is 3.09. The van der Waals surface area contributed by atoms with Gasteiger partial charge in [-0.2, -0.15) is 11.3 Å². The molecule has 0 aromatic carbocycles. The van der Waals surface area contributed by atoms with Crippen molar-refractivity contribution in [1.29, 1.82) is 0 Å². The lowest BCUT2D eigenvalue weighted by atomic mass is 9.83. The molecule has 3 nitrogen and oxygen atoms in total. The van der Waals surface area contributed by atoms with E-state index in [1.807, 2.05) is 16.8 Å². The summed E-state index contributed by atoms with van der Waals surface area (Å²) < 4.78 is 23.1. The van der Waals surface area contributed by atoms with Gasteiger partial charge in [0, 0.05) is 6.26 Å². The molecule has 17 heavy (non-hydrogen) atoms. The zero-order chi connectivity index (χ0) is 12.5. The van der Waals surface area contributed by atoms with Crippen molar-refractivity contribution in [3.8, 4) is 0 Å². The van der Waals surface area contributed by atoms with E-state index in [4.69, 9.17) is 0 Å². The second kappa shape index (κ2) is 5.08. The van der Waals surface area contributed by atoms with Gasteiger partial charge in [0.05, 0.1) is 11.4 Å². The Morgan fingerprint density at radius 1 is 1.47 bits per heavy atom. The Morgan fingerprint density at radius 3 is 2.82 bits per heavy atom. The SMILES string of the molecule is CS(=O)(=O)C1CCCC(C(O)c2ccsc2)C1. The normalized spacial score (nSPS) is 27.9. The predicted octanol–water partition coefficient (Wildman–Crippen LogP) is 2.38. The standard InChI is InChI=1S/C12H18O3S2/c1-17(14,15)11-4-2-3-9(7-11)12(13)10-5-6-16-8-10/h5-6,8-9,11-13H,2-4,7H2,1H3. The Kier molecular flexibility index (Phi) is 3.90. The molecular formula is C12H18O3S2. The average Bonchev–Trinajstić information content (AvgIpc) is 2.80. The second-order valence-electron chi connectivity index (χ2n) is 4.88. The molecule has 1 aliphatic rings. The number of hydrogen-bond donors (Lipinski definition) is 1. The molecule has 1 aromatic rings. The maximum atomic E-state index is 11.6. The summed E-state index contributed by atoms with van der Waals surface area (Å²) in [7, 11) is -2.97. The van der Waals surface area contributed by atoms with Crippen LogP contribution in [-0.4, -0.2) is 25.0 Å². The molecule has 3 unspecified atom stereocenters. The number of thiophene rings is 1. The first-order chi connectivity index (χ1) is 7.98. The maximum absolute atomic E-state index is 11.6. The minimum absolute atomic E-state index is 0.0816. The minimum atomic E-state index is -2.97. The molecule has 0 amide bonds. The van der Waals surface area contributed by atoms with Crippen LogP contribution in [-0.2, 0) is 9.84 Å². The Labute approximate surface area is 106 Å². The van der Waals surface area contributed by atoms with Crippen molar-refractivity contribution in [3.63, 3.8) is 0 Å². The first-order valence-electron chi connectivity index (χ1n) is 5.87. The van der Waals surface area contributed by atoms with Crippen LogP contribution in [0.3, 0.4) is 0 Å². The highest BCUT2D eigenvalue weighted by Gasteiger charge is 2.32. The van der Waals surface area contributed by atoms with E-state index in [-0.39, 0.29) is 11.2 Å². The fourth-order valence-electron chi connectivity index (χ4n) is 2.57. The van der Waals surface area contributed by atoms with E-state index in [9.17, 15) is 13.5 Å². The summed E-state index contributed by atoms with van der Waals surface area (Å²) in [6, 6.07) is 1.92. The number of aliphatic hydroxyl groups is 1. The van der Waals surface area contributed by atoms with Gasteiger partial charge < -0.3 is 5.11 Å². The van der Waals surface area contributed by atoms with E-state index in [1.165, 1.54) is 6.26 Å². The van der Waals surface area contributed by atoms with Crippen LogP contribution in [0, 0.1) is 5.92 Å². The zero-order valence-corrected chi connectivity index (χ0v) is 11.5. The molecule has 1 fully saturated rings. The lowest BCUT2D eigenvalue weighted by Crippen LogP contribution is -2.30. The molecule has 1 aliphatic carbocycles. The van der Waals surface area contributed by atoms with Crippen LogP contribution in [0.1, 0.15) is 37.4 Å². The quantitative estimate of drug-likeness (QED) is 0.920. The van der Waals surface area contributed by atoms with Gasteiger partial charge in [0.1, 0.15) is 9.84 Å². The Hall–Kier alpha value is -0.390. The number of aliphatic hydroxyl groups excluding tert-OH is 1. The van der Waals surface area contributed by atoms with Crippen LogP contribution < -0.4 is 0 Å². The van der Waals surface area contributed by atoms with Crippen LogP contribution in [0.4, 0.5) is 0 Å². The third-order valence-corrected chi connectivity index (χ3v) is 5.94. The third-order valence-electron chi connectivity index (χ3n) is 3.60. The smallest absolute Gasteiger partial charge is 0.150 e. The summed E-state index contributed by atoms with van der Waals surface area (Å²) in [4.78, 5) is 0. The molecule has 0 spiro atoms. The van der Waals surface area contributed by atoms with Crippen molar-refractivity contribution in [2.24, 2.45) is 5.92 Å². The summed E-state index contributed by atoms with van der Waals surface area (Å²) in [6.07, 6.45) is 3.94. The first kappa shape index (κ1) is 13.1. The number of rotatable bonds is 3. The molecule has 1 heterocycles. The van der Waals surface area contributed by atoms with Gasteiger partial charge in [0.2, 0.25) is 0 Å². The fraction of sp³-hybridized carbons (Fsp3) is 0.667. The van der Waals surface area contributed by atoms with E-state index in [0.29, 0.717) is 6.42 Å². The van der Waals surface area contributed by atoms with Crippen LogP contribution in [0.5, 0.6) is 0 Å². The van der Waals surface area contributed by atoms with Crippen molar-refractivity contribution in [2.45, 2.75) is 37.0 Å². The molecule has 3 atom stereocenters. The van der Waals surface area contributed by atoms with Crippen LogP contribution in [0.2, 0.25) is 0 Å². The van der Waals surface area contributed by atoms with Gasteiger partial charge in [0.25, 0.3) is 0 Å². The Morgan fingerprint density at radius 2 is 2.24 bits per heavy atom. The molecule has 1 saturated carbocycles. The summed E-state index contributed by atoms with van der Waals surface area (Å²) in [5.74, 6) is 0.0816. The molecule has 0 bridgehead atoms. The van der Waals surface area contributed by atoms with Crippen LogP contribution in [0.25, 0.3) is 0 Å².